The van der Waals surface area contributed by atoms with E-state index in [0.717, 1.165) is 41.7 Å². The average molecular weight is 426 g/mol. The maximum absolute atomic E-state index is 11.9. The summed E-state index contributed by atoms with van der Waals surface area (Å²) in [6.45, 7) is 0. The van der Waals surface area contributed by atoms with Crippen LogP contribution in [0.15, 0.2) is 72.8 Å². The lowest BCUT2D eigenvalue weighted by Gasteiger charge is -2.33. The van der Waals surface area contributed by atoms with E-state index in [2.05, 4.69) is 24.3 Å². The van der Waals surface area contributed by atoms with E-state index in [4.69, 9.17) is 0 Å². The number of nitrogens with zero attached hydrogens (tertiary/aromatic N) is 2. The molecule has 2 aliphatic heterocycles. The number of rotatable bonds is 4. The second-order valence-electron chi connectivity index (χ2n) is 8.40. The maximum atomic E-state index is 11.9. The van der Waals surface area contributed by atoms with Crippen molar-refractivity contribution in [1.29, 1.82) is 0 Å². The van der Waals surface area contributed by atoms with Crippen LogP contribution in [0.5, 0.6) is 0 Å². The highest BCUT2D eigenvalue weighted by Crippen LogP contribution is 2.36. The van der Waals surface area contributed by atoms with Crippen molar-refractivity contribution in [2.75, 3.05) is 4.90 Å². The molecule has 1 aliphatic carbocycles. The maximum Gasteiger partial charge on any atom is 0.258 e. The van der Waals surface area contributed by atoms with Crippen molar-refractivity contribution in [3.63, 3.8) is 0 Å². The largest absolute Gasteiger partial charge is 0.272 e. The summed E-state index contributed by atoms with van der Waals surface area (Å²) in [6, 6.07) is 15.8. The number of carbonyl (C=O) groups is 4. The van der Waals surface area contributed by atoms with Crippen molar-refractivity contribution < 1.29 is 19.2 Å². The monoisotopic (exact) mass is 426 g/mol. The lowest BCUT2D eigenvalue weighted by atomic mass is 9.81. The van der Waals surface area contributed by atoms with Crippen LogP contribution in [0.3, 0.4) is 0 Å². The Kier molecular flexibility index (Phi) is 5.05. The molecule has 0 unspecified atom stereocenters. The number of carbonyl (C=O) groups excluding carboxylic acids is 4. The Balaban J connectivity index is 1.23. The summed E-state index contributed by atoms with van der Waals surface area (Å²) < 4.78 is 0. The van der Waals surface area contributed by atoms with Gasteiger partial charge in [0.1, 0.15) is 0 Å². The Labute approximate surface area is 185 Å². The molecule has 0 N–H and O–H groups in total. The molecule has 3 aliphatic rings. The lowest BCUT2D eigenvalue weighted by molar-refractivity contribution is -0.140. The average Bonchev–Trinajstić information content (AvgIpc) is 3.34. The topological polar surface area (TPSA) is 74.8 Å². The van der Waals surface area contributed by atoms with Gasteiger partial charge in [-0.05, 0) is 60.4 Å². The zero-order valence-corrected chi connectivity index (χ0v) is 17.4. The van der Waals surface area contributed by atoms with E-state index in [9.17, 15) is 19.2 Å². The molecule has 0 spiro atoms. The molecule has 32 heavy (non-hydrogen) atoms. The van der Waals surface area contributed by atoms with Crippen LogP contribution in [0.25, 0.3) is 11.1 Å². The molecule has 0 atom stereocenters. The summed E-state index contributed by atoms with van der Waals surface area (Å²) in [6.07, 6.45) is 8.82. The van der Waals surface area contributed by atoms with Gasteiger partial charge in [-0.15, -0.1) is 0 Å². The van der Waals surface area contributed by atoms with Crippen LogP contribution in [-0.2, 0) is 19.2 Å². The van der Waals surface area contributed by atoms with E-state index < -0.39 is 0 Å². The van der Waals surface area contributed by atoms with E-state index in [-0.39, 0.29) is 29.7 Å². The third-order valence-corrected chi connectivity index (χ3v) is 6.56. The number of anilines is 1. The second kappa shape index (κ2) is 8.04. The molecule has 6 heteroatoms. The summed E-state index contributed by atoms with van der Waals surface area (Å²) in [4.78, 5) is 50.1. The van der Waals surface area contributed by atoms with Gasteiger partial charge in [0.05, 0.1) is 5.69 Å². The molecule has 1 fully saturated rings. The molecule has 2 aromatic carbocycles. The zero-order valence-electron chi connectivity index (χ0n) is 17.4. The third-order valence-electron chi connectivity index (χ3n) is 6.56. The van der Waals surface area contributed by atoms with Crippen LogP contribution in [0.2, 0.25) is 0 Å². The zero-order chi connectivity index (χ0) is 22.2. The molecule has 160 valence electrons. The van der Waals surface area contributed by atoms with E-state index in [0.29, 0.717) is 11.6 Å². The first-order chi connectivity index (χ1) is 15.5. The molecule has 2 heterocycles. The first-order valence-electron chi connectivity index (χ1n) is 10.8. The van der Waals surface area contributed by atoms with Gasteiger partial charge in [0.25, 0.3) is 23.6 Å². The molecule has 0 saturated heterocycles. The fraction of sp³-hybridized carbons (Fsp3) is 0.231. The van der Waals surface area contributed by atoms with Gasteiger partial charge >= 0.3 is 0 Å². The predicted octanol–water partition coefficient (Wildman–Crippen LogP) is 3.73. The molecule has 6 nitrogen and oxygen atoms in total. The van der Waals surface area contributed by atoms with E-state index in [1.165, 1.54) is 34.8 Å². The highest BCUT2D eigenvalue weighted by atomic mass is 16.2. The van der Waals surface area contributed by atoms with Crippen molar-refractivity contribution in [3.05, 3.63) is 78.4 Å². The van der Waals surface area contributed by atoms with Gasteiger partial charge in [-0.3, -0.25) is 24.1 Å². The van der Waals surface area contributed by atoms with Crippen molar-refractivity contribution in [3.8, 4) is 11.1 Å². The molecule has 0 radical (unpaired) electrons. The van der Waals surface area contributed by atoms with Gasteiger partial charge < -0.3 is 0 Å². The lowest BCUT2D eigenvalue weighted by Crippen LogP contribution is -2.41. The van der Waals surface area contributed by atoms with Crippen LogP contribution in [0, 0.1) is 0 Å². The normalized spacial score (nSPS) is 23.0. The van der Waals surface area contributed by atoms with Crippen LogP contribution in [0.1, 0.15) is 37.2 Å². The standard InChI is InChI=1S/C26H22N2O4/c29-23-13-14-24(30)27(23)21-9-5-19(6-10-21)17-1-2-18(4-3-17)20-7-11-22(12-8-20)28-25(31)15-16-26(28)32/h1-6,9-10,13-16,20,22H,7-8,11-12H2. The Morgan fingerprint density at radius 2 is 1.03 bits per heavy atom. The Morgan fingerprint density at radius 3 is 1.56 bits per heavy atom. The molecule has 4 amide bonds. The molecule has 0 aromatic heterocycles. The molecular formula is C26H22N2O4. The predicted molar refractivity (Wildman–Crippen MR) is 120 cm³/mol. The van der Waals surface area contributed by atoms with Gasteiger partial charge in [0, 0.05) is 30.3 Å². The van der Waals surface area contributed by atoms with E-state index in [1.807, 2.05) is 12.1 Å². The fourth-order valence-electron chi connectivity index (χ4n) is 4.84. The smallest absolute Gasteiger partial charge is 0.258 e. The first kappa shape index (κ1) is 20.1. The summed E-state index contributed by atoms with van der Waals surface area (Å²) >= 11 is 0. The van der Waals surface area contributed by atoms with Gasteiger partial charge in [-0.2, -0.15) is 0 Å². The SMILES string of the molecule is O=C1C=CC(=O)N1c1ccc(-c2ccc(C3CCC(N4C(=O)C=CC4=O)CC3)cc2)cc1. The minimum Gasteiger partial charge on any atom is -0.272 e. The first-order valence-corrected chi connectivity index (χ1v) is 10.8. The summed E-state index contributed by atoms with van der Waals surface area (Å²) in [7, 11) is 0. The summed E-state index contributed by atoms with van der Waals surface area (Å²) in [5.41, 5.74) is 3.90. The minimum absolute atomic E-state index is 0.00334. The van der Waals surface area contributed by atoms with Crippen LogP contribution in [-0.4, -0.2) is 34.6 Å². The molecule has 1 saturated carbocycles. The Hall–Kier alpha value is -3.80. The molecular weight excluding hydrogens is 404 g/mol. The quantitative estimate of drug-likeness (QED) is 0.698. The van der Waals surface area contributed by atoms with Crippen LogP contribution >= 0.6 is 0 Å². The second-order valence-corrected chi connectivity index (χ2v) is 8.40. The number of benzene rings is 2. The number of hydrogen-bond acceptors (Lipinski definition) is 4. The fourth-order valence-corrected chi connectivity index (χ4v) is 4.84. The van der Waals surface area contributed by atoms with Crippen molar-refractivity contribution in [2.24, 2.45) is 0 Å². The van der Waals surface area contributed by atoms with Gasteiger partial charge in [-0.25, -0.2) is 4.90 Å². The van der Waals surface area contributed by atoms with E-state index in [1.54, 1.807) is 12.1 Å². The summed E-state index contributed by atoms with van der Waals surface area (Å²) in [5.74, 6) is -0.608. The number of imide groups is 2. The van der Waals surface area contributed by atoms with Crippen molar-refractivity contribution in [1.82, 2.24) is 4.90 Å². The molecule has 2 aromatic rings. The number of amides is 4. The summed E-state index contributed by atoms with van der Waals surface area (Å²) in [5, 5.41) is 0. The van der Waals surface area contributed by atoms with E-state index >= 15 is 0 Å². The Morgan fingerprint density at radius 1 is 0.562 bits per heavy atom. The minimum atomic E-state index is -0.323. The highest BCUT2D eigenvalue weighted by molar-refractivity contribution is 6.28. The van der Waals surface area contributed by atoms with Gasteiger partial charge in [0.15, 0.2) is 0 Å². The Bertz CT molecular complexity index is 1120. The van der Waals surface area contributed by atoms with Gasteiger partial charge in [-0.1, -0.05) is 36.4 Å². The number of hydrogen-bond donors (Lipinski definition) is 0. The van der Waals surface area contributed by atoms with Crippen LogP contribution in [0.4, 0.5) is 5.69 Å². The highest BCUT2D eigenvalue weighted by Gasteiger charge is 2.34. The molecule has 5 rings (SSSR count). The van der Waals surface area contributed by atoms with Crippen molar-refractivity contribution >= 4 is 29.3 Å². The van der Waals surface area contributed by atoms with Gasteiger partial charge in [0.2, 0.25) is 0 Å². The van der Waals surface area contributed by atoms with Crippen molar-refractivity contribution in [2.45, 2.75) is 37.6 Å². The molecule has 0 bridgehead atoms. The van der Waals surface area contributed by atoms with Crippen LogP contribution < -0.4 is 4.90 Å². The third kappa shape index (κ3) is 3.58.